The molecule has 0 unspecified atom stereocenters. The number of rotatable bonds is 6. The van der Waals surface area contributed by atoms with Crippen molar-refractivity contribution in [1.29, 1.82) is 0 Å². The molecule has 84 valence electrons. The van der Waals surface area contributed by atoms with Crippen molar-refractivity contribution >= 4 is 5.69 Å². The highest BCUT2D eigenvalue weighted by Gasteiger charge is 2.06. The van der Waals surface area contributed by atoms with Gasteiger partial charge >= 0.3 is 0 Å². The molecule has 1 rings (SSSR count). The second-order valence-electron chi connectivity index (χ2n) is 3.45. The van der Waals surface area contributed by atoms with Crippen LogP contribution in [-0.4, -0.2) is 38.0 Å². The number of anilines is 1. The zero-order valence-corrected chi connectivity index (χ0v) is 8.79. The van der Waals surface area contributed by atoms with E-state index in [1.807, 2.05) is 30.3 Å². The smallest absolute Gasteiger partial charge is 0.251 e. The minimum absolute atomic E-state index is 0.170. The zero-order chi connectivity index (χ0) is 11.1. The van der Waals surface area contributed by atoms with Gasteiger partial charge in [0.1, 0.15) is 0 Å². The van der Waals surface area contributed by atoms with Gasteiger partial charge < -0.3 is 5.32 Å². The Bertz CT molecular complexity index is 265. The fourth-order valence-corrected chi connectivity index (χ4v) is 1.27. The fourth-order valence-electron chi connectivity index (χ4n) is 1.27. The van der Waals surface area contributed by atoms with Crippen LogP contribution < -0.4 is 5.32 Å². The van der Waals surface area contributed by atoms with E-state index in [0.29, 0.717) is 13.1 Å². The maximum atomic E-state index is 12.0. The third-order valence-corrected chi connectivity index (χ3v) is 2.05. The minimum Gasteiger partial charge on any atom is -0.384 e. The van der Waals surface area contributed by atoms with Crippen LogP contribution >= 0.6 is 0 Å². The molecule has 0 amide bonds. The number of nitrogens with zero attached hydrogens (tertiary/aromatic N) is 1. The summed E-state index contributed by atoms with van der Waals surface area (Å²) in [7, 11) is 1.69. The van der Waals surface area contributed by atoms with Gasteiger partial charge in [-0.3, -0.25) is 4.90 Å². The van der Waals surface area contributed by atoms with Crippen LogP contribution in [0.2, 0.25) is 0 Å². The van der Waals surface area contributed by atoms with Gasteiger partial charge in [-0.15, -0.1) is 0 Å². The Hall–Kier alpha value is -1.16. The van der Waals surface area contributed by atoms with Crippen molar-refractivity contribution in [3.8, 4) is 0 Å². The lowest BCUT2D eigenvalue weighted by atomic mass is 10.3. The summed E-state index contributed by atoms with van der Waals surface area (Å²) in [5.41, 5.74) is 1.02. The first-order valence-corrected chi connectivity index (χ1v) is 4.94. The highest BCUT2D eigenvalue weighted by atomic mass is 19.3. The molecule has 0 spiro atoms. The first kappa shape index (κ1) is 11.9. The van der Waals surface area contributed by atoms with Crippen LogP contribution in [0.3, 0.4) is 0 Å². The third-order valence-electron chi connectivity index (χ3n) is 2.05. The monoisotopic (exact) mass is 214 g/mol. The van der Waals surface area contributed by atoms with Crippen molar-refractivity contribution in [2.24, 2.45) is 0 Å². The second-order valence-corrected chi connectivity index (χ2v) is 3.45. The molecule has 0 heterocycles. The third kappa shape index (κ3) is 5.32. The van der Waals surface area contributed by atoms with Crippen molar-refractivity contribution in [2.45, 2.75) is 6.43 Å². The first-order chi connectivity index (χ1) is 7.18. The number of nitrogens with one attached hydrogen (secondary N) is 1. The Kier molecular flexibility index (Phi) is 5.04. The number of likely N-dealkylation sites (N-methyl/N-ethyl adjacent to an activating group) is 1. The number of halogens is 2. The number of para-hydroxylation sites is 1. The van der Waals surface area contributed by atoms with Gasteiger partial charge in [-0.1, -0.05) is 18.2 Å². The maximum Gasteiger partial charge on any atom is 0.251 e. The molecular weight excluding hydrogens is 198 g/mol. The Balaban J connectivity index is 2.16. The van der Waals surface area contributed by atoms with Crippen LogP contribution in [-0.2, 0) is 0 Å². The number of alkyl halides is 2. The largest absolute Gasteiger partial charge is 0.384 e. The predicted molar refractivity (Wildman–Crippen MR) is 58.4 cm³/mol. The summed E-state index contributed by atoms with van der Waals surface area (Å²) in [6, 6.07) is 9.71. The van der Waals surface area contributed by atoms with Gasteiger partial charge in [-0.05, 0) is 19.2 Å². The van der Waals surface area contributed by atoms with Crippen LogP contribution in [0.4, 0.5) is 14.5 Å². The van der Waals surface area contributed by atoms with E-state index in [9.17, 15) is 8.78 Å². The molecule has 0 radical (unpaired) electrons. The standard InChI is InChI=1S/C11H16F2N2/c1-15(9-11(12)13)8-7-14-10-5-3-2-4-6-10/h2-6,11,14H,7-9H2,1H3. The molecule has 0 aliphatic heterocycles. The molecule has 4 heteroatoms. The van der Waals surface area contributed by atoms with E-state index in [1.54, 1.807) is 11.9 Å². The summed E-state index contributed by atoms with van der Waals surface area (Å²) >= 11 is 0. The molecular formula is C11H16F2N2. The van der Waals surface area contributed by atoms with Gasteiger partial charge in [0.2, 0.25) is 0 Å². The van der Waals surface area contributed by atoms with Crippen molar-refractivity contribution in [1.82, 2.24) is 4.90 Å². The molecule has 15 heavy (non-hydrogen) atoms. The molecule has 1 aromatic rings. The lowest BCUT2D eigenvalue weighted by Crippen LogP contribution is -2.29. The van der Waals surface area contributed by atoms with Crippen LogP contribution in [0.25, 0.3) is 0 Å². The van der Waals surface area contributed by atoms with Crippen molar-refractivity contribution in [3.63, 3.8) is 0 Å². The number of benzene rings is 1. The van der Waals surface area contributed by atoms with E-state index in [4.69, 9.17) is 0 Å². The van der Waals surface area contributed by atoms with E-state index >= 15 is 0 Å². The lowest BCUT2D eigenvalue weighted by molar-refractivity contribution is 0.102. The van der Waals surface area contributed by atoms with Crippen LogP contribution in [0.1, 0.15) is 0 Å². The summed E-state index contributed by atoms with van der Waals surface area (Å²) in [6.07, 6.45) is -2.26. The number of hydrogen-bond acceptors (Lipinski definition) is 2. The molecule has 0 bridgehead atoms. The van der Waals surface area contributed by atoms with Gasteiger partial charge in [0.15, 0.2) is 0 Å². The molecule has 1 N–H and O–H groups in total. The van der Waals surface area contributed by atoms with E-state index in [2.05, 4.69) is 5.32 Å². The summed E-state index contributed by atoms with van der Waals surface area (Å²) in [4.78, 5) is 1.61. The van der Waals surface area contributed by atoms with Gasteiger partial charge in [0, 0.05) is 18.8 Å². The zero-order valence-electron chi connectivity index (χ0n) is 8.79. The molecule has 0 saturated carbocycles. The fraction of sp³-hybridized carbons (Fsp3) is 0.455. The summed E-state index contributed by atoms with van der Waals surface area (Å²) in [6.45, 7) is 1.11. The second kappa shape index (κ2) is 6.35. The average molecular weight is 214 g/mol. The minimum atomic E-state index is -2.26. The van der Waals surface area contributed by atoms with Crippen molar-refractivity contribution in [2.75, 3.05) is 32.0 Å². The van der Waals surface area contributed by atoms with Crippen molar-refractivity contribution in [3.05, 3.63) is 30.3 Å². The van der Waals surface area contributed by atoms with Gasteiger partial charge in [-0.2, -0.15) is 0 Å². The van der Waals surface area contributed by atoms with Crippen LogP contribution in [0.15, 0.2) is 30.3 Å². The Morgan fingerprint density at radius 2 is 1.93 bits per heavy atom. The molecule has 1 aromatic carbocycles. The van der Waals surface area contributed by atoms with E-state index in [0.717, 1.165) is 5.69 Å². The summed E-state index contributed by atoms with van der Waals surface area (Å²) < 4.78 is 23.9. The lowest BCUT2D eigenvalue weighted by Gasteiger charge is -2.16. The van der Waals surface area contributed by atoms with E-state index in [-0.39, 0.29) is 6.54 Å². The highest BCUT2D eigenvalue weighted by Crippen LogP contribution is 2.04. The first-order valence-electron chi connectivity index (χ1n) is 4.94. The SMILES string of the molecule is CN(CCNc1ccccc1)CC(F)F. The van der Waals surface area contributed by atoms with Gasteiger partial charge in [-0.25, -0.2) is 8.78 Å². The average Bonchev–Trinajstić information content (AvgIpc) is 2.18. The summed E-state index contributed by atoms with van der Waals surface area (Å²) in [5.74, 6) is 0. The Morgan fingerprint density at radius 1 is 1.27 bits per heavy atom. The molecule has 0 aliphatic rings. The quantitative estimate of drug-likeness (QED) is 0.781. The van der Waals surface area contributed by atoms with Crippen molar-refractivity contribution < 1.29 is 8.78 Å². The molecule has 0 saturated heterocycles. The predicted octanol–water partition coefficient (Wildman–Crippen LogP) is 2.30. The maximum absolute atomic E-state index is 12.0. The molecule has 0 atom stereocenters. The van der Waals surface area contributed by atoms with Gasteiger partial charge in [0.05, 0.1) is 6.54 Å². The van der Waals surface area contributed by atoms with E-state index in [1.165, 1.54) is 0 Å². The Labute approximate surface area is 88.9 Å². The molecule has 0 fully saturated rings. The number of hydrogen-bond donors (Lipinski definition) is 1. The highest BCUT2D eigenvalue weighted by molar-refractivity contribution is 5.42. The van der Waals surface area contributed by atoms with Crippen LogP contribution in [0, 0.1) is 0 Å². The normalized spacial score (nSPS) is 11.0. The van der Waals surface area contributed by atoms with Crippen LogP contribution in [0.5, 0.6) is 0 Å². The Morgan fingerprint density at radius 3 is 2.53 bits per heavy atom. The topological polar surface area (TPSA) is 15.3 Å². The summed E-state index contributed by atoms with van der Waals surface area (Å²) in [5, 5.41) is 3.16. The molecule has 2 nitrogen and oxygen atoms in total. The van der Waals surface area contributed by atoms with E-state index < -0.39 is 6.43 Å². The van der Waals surface area contributed by atoms with Gasteiger partial charge in [0.25, 0.3) is 6.43 Å². The molecule has 0 aliphatic carbocycles. The molecule has 0 aromatic heterocycles.